The zero-order chi connectivity index (χ0) is 16.1. The third kappa shape index (κ3) is 3.94. The Morgan fingerprint density at radius 2 is 2.04 bits per heavy atom. The Morgan fingerprint density at radius 1 is 1.22 bits per heavy atom. The molecule has 0 unspecified atom stereocenters. The van der Waals surface area contributed by atoms with Crippen molar-refractivity contribution in [2.75, 3.05) is 36.4 Å². The van der Waals surface area contributed by atoms with E-state index in [1.807, 2.05) is 31.2 Å². The fourth-order valence-electron chi connectivity index (χ4n) is 2.50. The van der Waals surface area contributed by atoms with E-state index in [-0.39, 0.29) is 0 Å². The summed E-state index contributed by atoms with van der Waals surface area (Å²) in [6.07, 6.45) is 2.68. The van der Waals surface area contributed by atoms with Crippen LogP contribution in [0.3, 0.4) is 0 Å². The number of nitrogens with zero attached hydrogens (tertiary/aromatic N) is 5. The van der Waals surface area contributed by atoms with Crippen molar-refractivity contribution in [2.45, 2.75) is 13.5 Å². The smallest absolute Gasteiger partial charge is 0.227 e. The highest BCUT2D eigenvalue weighted by atomic mass is 16.1. The minimum Gasteiger partial charge on any atom is -0.364 e. The van der Waals surface area contributed by atoms with Gasteiger partial charge in [-0.05, 0) is 19.1 Å². The molecule has 2 aromatic rings. The lowest BCUT2D eigenvalue weighted by Gasteiger charge is -2.32. The van der Waals surface area contributed by atoms with Crippen molar-refractivity contribution >= 4 is 18.2 Å². The Labute approximate surface area is 135 Å². The van der Waals surface area contributed by atoms with Gasteiger partial charge in [0.05, 0.1) is 12.2 Å². The summed E-state index contributed by atoms with van der Waals surface area (Å²) in [7, 11) is 0. The minimum absolute atomic E-state index is 0.621. The Morgan fingerprint density at radius 3 is 2.74 bits per heavy atom. The number of pyridine rings is 1. The van der Waals surface area contributed by atoms with Gasteiger partial charge in [0.25, 0.3) is 0 Å². The van der Waals surface area contributed by atoms with Gasteiger partial charge < -0.3 is 15.1 Å². The molecule has 0 atom stereocenters. The summed E-state index contributed by atoms with van der Waals surface area (Å²) in [5.41, 5.74) is 1.88. The molecular weight excluding hydrogens is 292 g/mol. The number of rotatable bonds is 5. The second-order valence-electron chi connectivity index (χ2n) is 5.50. The van der Waals surface area contributed by atoms with Crippen LogP contribution < -0.4 is 10.2 Å². The van der Waals surface area contributed by atoms with Crippen molar-refractivity contribution in [1.82, 2.24) is 19.9 Å². The molecule has 1 N–H and O–H groups in total. The van der Waals surface area contributed by atoms with Gasteiger partial charge in [-0.3, -0.25) is 9.78 Å². The lowest BCUT2D eigenvalue weighted by atomic mass is 10.3. The molecule has 0 radical (unpaired) electrons. The van der Waals surface area contributed by atoms with Crippen LogP contribution in [0.4, 0.5) is 11.8 Å². The van der Waals surface area contributed by atoms with E-state index in [0.29, 0.717) is 25.6 Å². The Kier molecular flexibility index (Phi) is 4.65. The highest BCUT2D eigenvalue weighted by Gasteiger charge is 2.18. The van der Waals surface area contributed by atoms with Crippen molar-refractivity contribution in [1.29, 1.82) is 0 Å². The van der Waals surface area contributed by atoms with Gasteiger partial charge in [-0.25, -0.2) is 4.98 Å². The molecule has 1 fully saturated rings. The quantitative estimate of drug-likeness (QED) is 0.833. The van der Waals surface area contributed by atoms with Crippen LogP contribution in [0.5, 0.6) is 0 Å². The molecule has 0 saturated carbocycles. The molecule has 0 aliphatic carbocycles. The highest BCUT2D eigenvalue weighted by molar-refractivity contribution is 5.49. The maximum Gasteiger partial charge on any atom is 0.227 e. The molecule has 3 heterocycles. The molecule has 1 saturated heterocycles. The predicted octanol–water partition coefficient (Wildman–Crippen LogP) is 1.07. The van der Waals surface area contributed by atoms with Crippen molar-refractivity contribution in [3.05, 3.63) is 41.9 Å². The van der Waals surface area contributed by atoms with E-state index in [1.165, 1.54) is 0 Å². The van der Waals surface area contributed by atoms with E-state index in [2.05, 4.69) is 25.2 Å². The normalized spacial score (nSPS) is 14.7. The van der Waals surface area contributed by atoms with Crippen LogP contribution in [0, 0.1) is 6.92 Å². The molecule has 120 valence electrons. The zero-order valence-electron chi connectivity index (χ0n) is 13.1. The van der Waals surface area contributed by atoms with E-state index in [9.17, 15) is 4.79 Å². The average molecular weight is 312 g/mol. The number of aryl methyl sites for hydroxylation is 1. The summed E-state index contributed by atoms with van der Waals surface area (Å²) >= 11 is 0. The third-order valence-electron chi connectivity index (χ3n) is 3.77. The monoisotopic (exact) mass is 312 g/mol. The summed E-state index contributed by atoms with van der Waals surface area (Å²) in [6.45, 7) is 5.49. The second-order valence-corrected chi connectivity index (χ2v) is 5.50. The number of aromatic nitrogens is 3. The van der Waals surface area contributed by atoms with Gasteiger partial charge in [0, 0.05) is 44.1 Å². The molecule has 7 nitrogen and oxygen atoms in total. The van der Waals surface area contributed by atoms with E-state index < -0.39 is 0 Å². The SMILES string of the molecule is Cc1cc(NCc2ccccn2)nc(N2CCN(C=O)CC2)n1. The lowest BCUT2D eigenvalue weighted by molar-refractivity contribution is -0.118. The van der Waals surface area contributed by atoms with Crippen LogP contribution in [0.15, 0.2) is 30.5 Å². The molecule has 23 heavy (non-hydrogen) atoms. The maximum absolute atomic E-state index is 10.8. The van der Waals surface area contributed by atoms with Crippen LogP contribution in [0.25, 0.3) is 0 Å². The van der Waals surface area contributed by atoms with Gasteiger partial charge in [0.15, 0.2) is 0 Å². The van der Waals surface area contributed by atoms with Crippen LogP contribution in [-0.4, -0.2) is 52.4 Å². The van der Waals surface area contributed by atoms with Crippen LogP contribution in [0.1, 0.15) is 11.4 Å². The fourth-order valence-corrected chi connectivity index (χ4v) is 2.50. The first-order valence-electron chi connectivity index (χ1n) is 7.68. The third-order valence-corrected chi connectivity index (χ3v) is 3.77. The van der Waals surface area contributed by atoms with Gasteiger partial charge in [-0.1, -0.05) is 6.07 Å². The maximum atomic E-state index is 10.8. The topological polar surface area (TPSA) is 74.2 Å². The zero-order valence-corrected chi connectivity index (χ0v) is 13.1. The minimum atomic E-state index is 0.621. The predicted molar refractivity (Wildman–Crippen MR) is 88.2 cm³/mol. The number of hydrogen-bond donors (Lipinski definition) is 1. The summed E-state index contributed by atoms with van der Waals surface area (Å²) in [5, 5.41) is 3.29. The summed E-state index contributed by atoms with van der Waals surface area (Å²) in [4.78, 5) is 28.1. The van der Waals surface area contributed by atoms with Crippen LogP contribution >= 0.6 is 0 Å². The first-order valence-corrected chi connectivity index (χ1v) is 7.68. The average Bonchev–Trinajstić information content (AvgIpc) is 2.60. The molecule has 3 rings (SSSR count). The van der Waals surface area contributed by atoms with Crippen molar-refractivity contribution < 1.29 is 4.79 Å². The van der Waals surface area contributed by atoms with Gasteiger partial charge in [0.2, 0.25) is 12.4 Å². The van der Waals surface area contributed by atoms with E-state index in [4.69, 9.17) is 0 Å². The van der Waals surface area contributed by atoms with E-state index in [1.54, 1.807) is 11.1 Å². The van der Waals surface area contributed by atoms with E-state index >= 15 is 0 Å². The molecule has 1 aliphatic rings. The molecular formula is C16H20N6O. The summed E-state index contributed by atoms with van der Waals surface area (Å²) in [6, 6.07) is 7.76. The number of hydrogen-bond acceptors (Lipinski definition) is 6. The van der Waals surface area contributed by atoms with Crippen molar-refractivity contribution in [3.8, 4) is 0 Å². The van der Waals surface area contributed by atoms with Gasteiger partial charge in [0.1, 0.15) is 5.82 Å². The highest BCUT2D eigenvalue weighted by Crippen LogP contribution is 2.16. The number of carbonyl (C=O) groups excluding carboxylic acids is 1. The van der Waals surface area contributed by atoms with Gasteiger partial charge in [-0.2, -0.15) is 4.98 Å². The fraction of sp³-hybridized carbons (Fsp3) is 0.375. The number of carbonyl (C=O) groups is 1. The molecule has 7 heteroatoms. The molecule has 1 amide bonds. The Hall–Kier alpha value is -2.70. The molecule has 1 aliphatic heterocycles. The summed E-state index contributed by atoms with van der Waals surface area (Å²) in [5.74, 6) is 1.50. The Balaban J connectivity index is 1.68. The number of nitrogens with one attached hydrogen (secondary N) is 1. The standard InChI is InChI=1S/C16H20N6O/c1-13-10-15(18-11-14-4-2-3-5-17-14)20-16(19-13)22-8-6-21(12-23)7-9-22/h2-5,10,12H,6-9,11H2,1H3,(H,18,19,20). The first kappa shape index (κ1) is 15.2. The van der Waals surface area contributed by atoms with Gasteiger partial charge in [-0.15, -0.1) is 0 Å². The molecule has 0 bridgehead atoms. The largest absolute Gasteiger partial charge is 0.364 e. The van der Waals surface area contributed by atoms with Crippen molar-refractivity contribution in [2.24, 2.45) is 0 Å². The molecule has 0 aromatic carbocycles. The Bertz CT molecular complexity index is 655. The van der Waals surface area contributed by atoms with Gasteiger partial charge >= 0.3 is 0 Å². The van der Waals surface area contributed by atoms with Crippen molar-refractivity contribution in [3.63, 3.8) is 0 Å². The van der Waals surface area contributed by atoms with Crippen LogP contribution in [0.2, 0.25) is 0 Å². The number of anilines is 2. The number of amides is 1. The van der Waals surface area contributed by atoms with E-state index in [0.717, 1.165) is 36.7 Å². The molecule has 0 spiro atoms. The summed E-state index contributed by atoms with van der Waals surface area (Å²) < 4.78 is 0. The first-order chi connectivity index (χ1) is 11.2. The lowest BCUT2D eigenvalue weighted by Crippen LogP contribution is -2.46. The second kappa shape index (κ2) is 7.04. The van der Waals surface area contributed by atoms with Crippen LogP contribution in [-0.2, 0) is 11.3 Å². The molecule has 2 aromatic heterocycles. The number of piperazine rings is 1.